The van der Waals surface area contributed by atoms with Gasteiger partial charge in [-0.1, -0.05) is 13.3 Å². The van der Waals surface area contributed by atoms with Crippen LogP contribution < -0.4 is 5.32 Å². The van der Waals surface area contributed by atoms with E-state index >= 15 is 0 Å². The van der Waals surface area contributed by atoms with E-state index in [0.717, 1.165) is 19.4 Å². The molecule has 0 aliphatic carbocycles. The van der Waals surface area contributed by atoms with Gasteiger partial charge in [-0.15, -0.1) is 0 Å². The highest BCUT2D eigenvalue weighted by Gasteiger charge is 2.25. The summed E-state index contributed by atoms with van der Waals surface area (Å²) in [7, 11) is -1.54. The number of hydrogen-bond acceptors (Lipinski definition) is 4. The molecular weight excluding hydrogens is 264 g/mol. The van der Waals surface area contributed by atoms with Crippen molar-refractivity contribution in [3.8, 4) is 0 Å². The highest BCUT2D eigenvalue weighted by molar-refractivity contribution is 7.89. The Hall–Kier alpha value is -0.170. The summed E-state index contributed by atoms with van der Waals surface area (Å²) >= 11 is 0. The van der Waals surface area contributed by atoms with Crippen LogP contribution in [-0.2, 0) is 14.8 Å². The summed E-state index contributed by atoms with van der Waals surface area (Å²) in [5, 5.41) is 3.42. The molecule has 0 aromatic rings. The fourth-order valence-electron chi connectivity index (χ4n) is 2.43. The number of hydrogen-bond donors (Lipinski definition) is 1. The van der Waals surface area contributed by atoms with Crippen LogP contribution in [0, 0.1) is 0 Å². The summed E-state index contributed by atoms with van der Waals surface area (Å²) in [6.07, 6.45) is 4.90. The second-order valence-corrected chi connectivity index (χ2v) is 7.26. The van der Waals surface area contributed by atoms with Gasteiger partial charge in [0.1, 0.15) is 0 Å². The molecule has 0 aromatic heterocycles. The summed E-state index contributed by atoms with van der Waals surface area (Å²) in [4.78, 5) is 0. The minimum atomic E-state index is -3.14. The van der Waals surface area contributed by atoms with Crippen LogP contribution >= 0.6 is 0 Å². The van der Waals surface area contributed by atoms with Crippen molar-refractivity contribution in [1.29, 1.82) is 0 Å². The molecule has 1 aliphatic rings. The van der Waals surface area contributed by atoms with Crippen LogP contribution in [0.15, 0.2) is 0 Å². The van der Waals surface area contributed by atoms with Gasteiger partial charge in [0, 0.05) is 32.8 Å². The third kappa shape index (κ3) is 6.21. The Morgan fingerprint density at radius 1 is 1.37 bits per heavy atom. The molecule has 1 unspecified atom stereocenters. The molecule has 5 nitrogen and oxygen atoms in total. The summed E-state index contributed by atoms with van der Waals surface area (Å²) in [6, 6.07) is 0.317. The SMILES string of the molecule is CCCN(CC1CCCCN1)S(=O)(=O)CCCOC. The molecule has 1 saturated heterocycles. The van der Waals surface area contributed by atoms with Gasteiger partial charge in [0.15, 0.2) is 0 Å². The van der Waals surface area contributed by atoms with Crippen molar-refractivity contribution < 1.29 is 13.2 Å². The average molecular weight is 292 g/mol. The molecule has 0 radical (unpaired) electrons. The Morgan fingerprint density at radius 2 is 2.16 bits per heavy atom. The third-order valence-corrected chi connectivity index (χ3v) is 5.38. The van der Waals surface area contributed by atoms with Gasteiger partial charge < -0.3 is 10.1 Å². The molecule has 1 heterocycles. The van der Waals surface area contributed by atoms with Gasteiger partial charge in [0.2, 0.25) is 10.0 Å². The highest BCUT2D eigenvalue weighted by atomic mass is 32.2. The van der Waals surface area contributed by atoms with E-state index in [9.17, 15) is 8.42 Å². The zero-order chi connectivity index (χ0) is 14.1. The van der Waals surface area contributed by atoms with Gasteiger partial charge in [0.05, 0.1) is 5.75 Å². The minimum absolute atomic E-state index is 0.188. The van der Waals surface area contributed by atoms with Crippen molar-refractivity contribution in [3.05, 3.63) is 0 Å². The molecule has 114 valence electrons. The summed E-state index contributed by atoms with van der Waals surface area (Å²) in [6.45, 7) is 4.76. The first-order valence-electron chi connectivity index (χ1n) is 7.30. The maximum Gasteiger partial charge on any atom is 0.214 e. The predicted molar refractivity (Wildman–Crippen MR) is 77.8 cm³/mol. The van der Waals surface area contributed by atoms with Crippen molar-refractivity contribution in [3.63, 3.8) is 0 Å². The van der Waals surface area contributed by atoms with Crippen LogP contribution in [-0.4, -0.2) is 57.9 Å². The number of sulfonamides is 1. The second-order valence-electron chi connectivity index (χ2n) is 5.17. The van der Waals surface area contributed by atoms with Crippen molar-refractivity contribution in [2.75, 3.05) is 39.1 Å². The maximum atomic E-state index is 12.3. The van der Waals surface area contributed by atoms with Crippen LogP contribution in [0.1, 0.15) is 39.0 Å². The maximum absolute atomic E-state index is 12.3. The van der Waals surface area contributed by atoms with Gasteiger partial charge in [-0.25, -0.2) is 12.7 Å². The number of nitrogens with zero attached hydrogens (tertiary/aromatic N) is 1. The molecule has 1 atom stereocenters. The van der Waals surface area contributed by atoms with Crippen LogP contribution in [0.3, 0.4) is 0 Å². The molecule has 6 heteroatoms. The molecule has 0 amide bonds. The molecule has 1 rings (SSSR count). The van der Waals surface area contributed by atoms with Gasteiger partial charge in [-0.3, -0.25) is 0 Å². The zero-order valence-electron chi connectivity index (χ0n) is 12.2. The monoisotopic (exact) mass is 292 g/mol. The number of ether oxygens (including phenoxy) is 1. The molecule has 0 spiro atoms. The van der Waals surface area contributed by atoms with Crippen LogP contribution in [0.25, 0.3) is 0 Å². The molecule has 1 aliphatic heterocycles. The van der Waals surface area contributed by atoms with Crippen molar-refractivity contribution in [2.24, 2.45) is 0 Å². The number of rotatable bonds is 9. The fourth-order valence-corrected chi connectivity index (χ4v) is 4.04. The number of nitrogens with one attached hydrogen (secondary N) is 1. The van der Waals surface area contributed by atoms with E-state index in [1.54, 1.807) is 11.4 Å². The average Bonchev–Trinajstić information content (AvgIpc) is 2.39. The standard InChI is InChI=1S/C13H28N2O3S/c1-3-9-15(12-13-7-4-5-8-14-13)19(16,17)11-6-10-18-2/h13-14H,3-12H2,1-2H3. The van der Waals surface area contributed by atoms with Crippen molar-refractivity contribution in [1.82, 2.24) is 9.62 Å². The van der Waals surface area contributed by atoms with Crippen molar-refractivity contribution in [2.45, 2.75) is 45.1 Å². The lowest BCUT2D eigenvalue weighted by atomic mass is 10.1. The lowest BCUT2D eigenvalue weighted by Gasteiger charge is -2.30. The predicted octanol–water partition coefficient (Wildman–Crippen LogP) is 1.21. The van der Waals surface area contributed by atoms with Crippen molar-refractivity contribution >= 4 is 10.0 Å². The van der Waals surface area contributed by atoms with E-state index in [4.69, 9.17) is 4.74 Å². The van der Waals surface area contributed by atoms with Crippen LogP contribution in [0.4, 0.5) is 0 Å². The molecule has 0 bridgehead atoms. The van der Waals surface area contributed by atoms with Crippen LogP contribution in [0.5, 0.6) is 0 Å². The lowest BCUT2D eigenvalue weighted by molar-refractivity contribution is 0.199. The number of piperidine rings is 1. The smallest absolute Gasteiger partial charge is 0.214 e. The van der Waals surface area contributed by atoms with E-state index in [2.05, 4.69) is 5.32 Å². The molecule has 19 heavy (non-hydrogen) atoms. The van der Waals surface area contributed by atoms with E-state index in [1.807, 2.05) is 6.92 Å². The van der Waals surface area contributed by atoms with Gasteiger partial charge in [-0.05, 0) is 32.2 Å². The Bertz CT molecular complexity index is 327. The number of methoxy groups -OCH3 is 1. The minimum Gasteiger partial charge on any atom is -0.385 e. The lowest BCUT2D eigenvalue weighted by Crippen LogP contribution is -2.46. The van der Waals surface area contributed by atoms with Gasteiger partial charge in [-0.2, -0.15) is 0 Å². The first-order valence-corrected chi connectivity index (χ1v) is 8.91. The van der Waals surface area contributed by atoms with Gasteiger partial charge >= 0.3 is 0 Å². The summed E-state index contributed by atoms with van der Waals surface area (Å²) < 4.78 is 31.2. The van der Waals surface area contributed by atoms with Crippen LogP contribution in [0.2, 0.25) is 0 Å². The van der Waals surface area contributed by atoms with E-state index in [0.29, 0.717) is 32.2 Å². The zero-order valence-corrected chi connectivity index (χ0v) is 13.0. The molecule has 0 saturated carbocycles. The largest absolute Gasteiger partial charge is 0.385 e. The normalized spacial score (nSPS) is 20.9. The Kier molecular flexibility index (Phi) is 7.90. The van der Waals surface area contributed by atoms with E-state index in [-0.39, 0.29) is 5.75 Å². The Morgan fingerprint density at radius 3 is 2.74 bits per heavy atom. The molecule has 0 aromatic carbocycles. The second kappa shape index (κ2) is 8.89. The Balaban J connectivity index is 2.53. The molecular formula is C13H28N2O3S. The topological polar surface area (TPSA) is 58.6 Å². The van der Waals surface area contributed by atoms with E-state index < -0.39 is 10.0 Å². The van der Waals surface area contributed by atoms with Gasteiger partial charge in [0.25, 0.3) is 0 Å². The van der Waals surface area contributed by atoms with E-state index in [1.165, 1.54) is 12.8 Å². The third-order valence-electron chi connectivity index (χ3n) is 3.45. The first kappa shape index (κ1) is 16.9. The Labute approximate surface area is 117 Å². The first-order chi connectivity index (χ1) is 9.10. The highest BCUT2D eigenvalue weighted by Crippen LogP contribution is 2.12. The molecule has 1 N–H and O–H groups in total. The molecule has 1 fully saturated rings. The summed E-state index contributed by atoms with van der Waals surface area (Å²) in [5.41, 5.74) is 0. The fraction of sp³-hybridized carbons (Fsp3) is 1.00. The summed E-state index contributed by atoms with van der Waals surface area (Å²) in [5.74, 6) is 0.188. The quantitative estimate of drug-likeness (QED) is 0.649.